The minimum Gasteiger partial charge on any atom is -0.496 e. The summed E-state index contributed by atoms with van der Waals surface area (Å²) in [6.07, 6.45) is 1.64. The minimum atomic E-state index is -0.454. The molecule has 0 saturated heterocycles. The van der Waals surface area contributed by atoms with Gasteiger partial charge in [0.15, 0.2) is 0 Å². The Labute approximate surface area is 162 Å². The van der Waals surface area contributed by atoms with E-state index in [2.05, 4.69) is 25.9 Å². The number of benzene rings is 1. The average Bonchev–Trinajstić information content (AvgIpc) is 2.68. The molecular weight excluding hydrogens is 358 g/mol. The van der Waals surface area contributed by atoms with Crippen LogP contribution in [0.4, 0.5) is 16.2 Å². The number of ether oxygens (including phenoxy) is 1. The van der Waals surface area contributed by atoms with Crippen molar-refractivity contribution in [2.45, 2.75) is 13.8 Å². The number of urea groups is 1. The van der Waals surface area contributed by atoms with Gasteiger partial charge in [-0.1, -0.05) is 0 Å². The fourth-order valence-electron chi connectivity index (χ4n) is 2.79. The van der Waals surface area contributed by atoms with Crippen LogP contribution in [0.15, 0.2) is 42.6 Å². The van der Waals surface area contributed by atoms with Crippen LogP contribution in [0.5, 0.6) is 5.75 Å². The van der Waals surface area contributed by atoms with Gasteiger partial charge in [0.2, 0.25) is 0 Å². The van der Waals surface area contributed by atoms with E-state index in [0.717, 1.165) is 5.69 Å². The Kier molecular flexibility index (Phi) is 5.69. The standard InChI is InChI=1S/C20H21N5O3/c1-4-21-19(26)14-11-13(7-8-17(14)28-3)24-20(27)25-16-10-12(2)23-15-6-5-9-22-18(15)16/h5-11H,4H2,1-3H3,(H,21,26)(H2,23,24,25,27). The minimum absolute atomic E-state index is 0.275. The van der Waals surface area contributed by atoms with Crippen molar-refractivity contribution in [2.75, 3.05) is 24.3 Å². The number of aromatic nitrogens is 2. The number of aryl methyl sites for hydroxylation is 1. The number of fused-ring (bicyclic) bond motifs is 1. The first-order valence-corrected chi connectivity index (χ1v) is 8.78. The molecule has 0 atom stereocenters. The van der Waals surface area contributed by atoms with E-state index in [1.165, 1.54) is 7.11 Å². The maximum absolute atomic E-state index is 12.5. The summed E-state index contributed by atoms with van der Waals surface area (Å²) in [6, 6.07) is 9.78. The van der Waals surface area contributed by atoms with Gasteiger partial charge in [-0.25, -0.2) is 4.79 Å². The number of hydrogen-bond donors (Lipinski definition) is 3. The van der Waals surface area contributed by atoms with Gasteiger partial charge in [0.05, 0.1) is 23.9 Å². The third-order valence-corrected chi connectivity index (χ3v) is 3.98. The predicted molar refractivity (Wildman–Crippen MR) is 108 cm³/mol. The van der Waals surface area contributed by atoms with E-state index in [4.69, 9.17) is 4.74 Å². The largest absolute Gasteiger partial charge is 0.496 e. The van der Waals surface area contributed by atoms with Crippen molar-refractivity contribution < 1.29 is 14.3 Å². The number of nitrogens with zero attached hydrogens (tertiary/aromatic N) is 2. The lowest BCUT2D eigenvalue weighted by molar-refractivity contribution is 0.0953. The lowest BCUT2D eigenvalue weighted by atomic mass is 10.1. The zero-order valence-electron chi connectivity index (χ0n) is 15.9. The van der Waals surface area contributed by atoms with Crippen molar-refractivity contribution in [3.63, 3.8) is 0 Å². The van der Waals surface area contributed by atoms with Gasteiger partial charge in [0.1, 0.15) is 11.3 Å². The molecule has 0 bridgehead atoms. The van der Waals surface area contributed by atoms with Crippen LogP contribution in [0.25, 0.3) is 11.0 Å². The summed E-state index contributed by atoms with van der Waals surface area (Å²) in [6.45, 7) is 4.16. The molecule has 0 spiro atoms. The van der Waals surface area contributed by atoms with Crippen LogP contribution in [-0.2, 0) is 0 Å². The Morgan fingerprint density at radius 2 is 1.96 bits per heavy atom. The first-order valence-electron chi connectivity index (χ1n) is 8.78. The highest BCUT2D eigenvalue weighted by molar-refractivity contribution is 6.05. The molecule has 1 aromatic carbocycles. The third-order valence-electron chi connectivity index (χ3n) is 3.98. The molecule has 8 nitrogen and oxygen atoms in total. The highest BCUT2D eigenvalue weighted by Crippen LogP contribution is 2.24. The lowest BCUT2D eigenvalue weighted by Crippen LogP contribution is -2.24. The molecule has 0 saturated carbocycles. The summed E-state index contributed by atoms with van der Waals surface area (Å²) in [7, 11) is 1.49. The molecule has 144 valence electrons. The first kappa shape index (κ1) is 19.1. The number of hydrogen-bond acceptors (Lipinski definition) is 5. The number of anilines is 2. The van der Waals surface area contributed by atoms with Gasteiger partial charge in [-0.15, -0.1) is 0 Å². The van der Waals surface area contributed by atoms with Gasteiger partial charge in [0, 0.05) is 24.1 Å². The third kappa shape index (κ3) is 4.17. The summed E-state index contributed by atoms with van der Waals surface area (Å²) in [5.41, 5.74) is 3.41. The Balaban J connectivity index is 1.82. The van der Waals surface area contributed by atoms with Crippen molar-refractivity contribution in [3.8, 4) is 5.75 Å². The van der Waals surface area contributed by atoms with Gasteiger partial charge in [-0.3, -0.25) is 14.8 Å². The molecule has 3 amide bonds. The van der Waals surface area contributed by atoms with Crippen LogP contribution in [0.2, 0.25) is 0 Å². The van der Waals surface area contributed by atoms with Gasteiger partial charge in [0.25, 0.3) is 5.91 Å². The first-order chi connectivity index (χ1) is 13.5. The topological polar surface area (TPSA) is 105 Å². The van der Waals surface area contributed by atoms with Gasteiger partial charge >= 0.3 is 6.03 Å². The fourth-order valence-corrected chi connectivity index (χ4v) is 2.79. The molecule has 8 heteroatoms. The van der Waals surface area contributed by atoms with E-state index in [1.54, 1.807) is 36.5 Å². The van der Waals surface area contributed by atoms with Crippen molar-refractivity contribution >= 4 is 34.3 Å². The molecule has 2 aromatic heterocycles. The Morgan fingerprint density at radius 3 is 2.71 bits per heavy atom. The normalized spacial score (nSPS) is 10.4. The Bertz CT molecular complexity index is 1040. The van der Waals surface area contributed by atoms with E-state index in [9.17, 15) is 9.59 Å². The molecule has 0 fully saturated rings. The molecule has 3 aromatic rings. The number of methoxy groups -OCH3 is 1. The van der Waals surface area contributed by atoms with E-state index in [1.807, 2.05) is 19.9 Å². The molecule has 0 aliphatic rings. The predicted octanol–water partition coefficient (Wildman–Crippen LogP) is 3.34. The summed E-state index contributed by atoms with van der Waals surface area (Å²) < 4.78 is 5.23. The van der Waals surface area contributed by atoms with Gasteiger partial charge in [-0.05, 0) is 50.2 Å². The average molecular weight is 379 g/mol. The van der Waals surface area contributed by atoms with Crippen LogP contribution >= 0.6 is 0 Å². The highest BCUT2D eigenvalue weighted by Gasteiger charge is 2.14. The molecule has 28 heavy (non-hydrogen) atoms. The van der Waals surface area contributed by atoms with Crippen LogP contribution < -0.4 is 20.7 Å². The van der Waals surface area contributed by atoms with E-state index in [0.29, 0.717) is 40.3 Å². The second kappa shape index (κ2) is 8.34. The van der Waals surface area contributed by atoms with E-state index >= 15 is 0 Å². The molecule has 0 aliphatic heterocycles. The van der Waals surface area contributed by atoms with Crippen LogP contribution in [0.1, 0.15) is 23.0 Å². The van der Waals surface area contributed by atoms with Gasteiger partial charge < -0.3 is 20.7 Å². The van der Waals surface area contributed by atoms with Crippen LogP contribution in [0.3, 0.4) is 0 Å². The maximum atomic E-state index is 12.5. The Hall–Kier alpha value is -3.68. The summed E-state index contributed by atoms with van der Waals surface area (Å²) in [5, 5.41) is 8.24. The SMILES string of the molecule is CCNC(=O)c1cc(NC(=O)Nc2cc(C)nc3cccnc23)ccc1OC. The maximum Gasteiger partial charge on any atom is 0.323 e. The highest BCUT2D eigenvalue weighted by atomic mass is 16.5. The molecule has 3 N–H and O–H groups in total. The van der Waals surface area contributed by atoms with Crippen molar-refractivity contribution in [3.05, 3.63) is 53.9 Å². The smallest absolute Gasteiger partial charge is 0.323 e. The van der Waals surface area contributed by atoms with E-state index < -0.39 is 6.03 Å². The van der Waals surface area contributed by atoms with Crippen LogP contribution in [-0.4, -0.2) is 35.6 Å². The summed E-state index contributed by atoms with van der Waals surface area (Å²) in [5.74, 6) is 0.153. The van der Waals surface area contributed by atoms with E-state index in [-0.39, 0.29) is 5.91 Å². The number of amides is 3. The second-order valence-electron chi connectivity index (χ2n) is 6.04. The van der Waals surface area contributed by atoms with Crippen LogP contribution in [0, 0.1) is 6.92 Å². The second-order valence-corrected chi connectivity index (χ2v) is 6.04. The zero-order valence-corrected chi connectivity index (χ0v) is 15.9. The van der Waals surface area contributed by atoms with Crippen molar-refractivity contribution in [1.29, 1.82) is 0 Å². The molecule has 0 unspecified atom stereocenters. The quantitative estimate of drug-likeness (QED) is 0.630. The number of carbonyl (C=O) groups excluding carboxylic acids is 2. The van der Waals surface area contributed by atoms with Crippen molar-refractivity contribution in [2.24, 2.45) is 0 Å². The van der Waals surface area contributed by atoms with Gasteiger partial charge in [-0.2, -0.15) is 0 Å². The molecular formula is C20H21N5O3. The number of rotatable bonds is 5. The zero-order chi connectivity index (χ0) is 20.1. The lowest BCUT2D eigenvalue weighted by Gasteiger charge is -2.13. The number of nitrogens with one attached hydrogen (secondary N) is 3. The molecule has 3 rings (SSSR count). The summed E-state index contributed by atoms with van der Waals surface area (Å²) in [4.78, 5) is 33.4. The number of pyridine rings is 2. The molecule has 2 heterocycles. The van der Waals surface area contributed by atoms with Crippen molar-refractivity contribution in [1.82, 2.24) is 15.3 Å². The monoisotopic (exact) mass is 379 g/mol. The molecule has 0 aliphatic carbocycles. The fraction of sp³-hybridized carbons (Fsp3) is 0.200. The molecule has 0 radical (unpaired) electrons. The number of carbonyl (C=O) groups is 2. The summed E-state index contributed by atoms with van der Waals surface area (Å²) >= 11 is 0. The Morgan fingerprint density at radius 1 is 1.14 bits per heavy atom.